The minimum atomic E-state index is 0.371. The third kappa shape index (κ3) is 1.19. The highest BCUT2D eigenvalue weighted by Crippen LogP contribution is 2.45. The summed E-state index contributed by atoms with van der Waals surface area (Å²) >= 11 is 0. The number of nitrogens with one attached hydrogen (secondary N) is 1. The van der Waals surface area contributed by atoms with Gasteiger partial charge in [0.1, 0.15) is 0 Å². The van der Waals surface area contributed by atoms with Crippen molar-refractivity contribution in [2.45, 2.75) is 51.0 Å². The molecule has 2 heteroatoms. The highest BCUT2D eigenvalue weighted by atomic mass is 16.2. The van der Waals surface area contributed by atoms with Gasteiger partial charge in [-0.1, -0.05) is 19.3 Å². The molecule has 2 saturated carbocycles. The van der Waals surface area contributed by atoms with Crippen LogP contribution < -0.4 is 5.32 Å². The Labute approximate surface area is 85.4 Å². The van der Waals surface area contributed by atoms with Gasteiger partial charge in [0.05, 0.1) is 0 Å². The predicted molar refractivity (Wildman–Crippen MR) is 54.7 cm³/mol. The molecule has 1 aliphatic heterocycles. The van der Waals surface area contributed by atoms with E-state index in [4.69, 9.17) is 0 Å². The Bertz CT molecular complexity index is 251. The summed E-state index contributed by atoms with van der Waals surface area (Å²) in [7, 11) is 0. The molecule has 0 spiro atoms. The van der Waals surface area contributed by atoms with Crippen LogP contribution in [-0.2, 0) is 4.79 Å². The minimum absolute atomic E-state index is 0.371. The molecule has 1 amide bonds. The highest BCUT2D eigenvalue weighted by Gasteiger charge is 2.46. The second-order valence-corrected chi connectivity index (χ2v) is 5.26. The molecule has 78 valence electrons. The van der Waals surface area contributed by atoms with Gasteiger partial charge in [-0.3, -0.25) is 4.79 Å². The van der Waals surface area contributed by atoms with Crippen LogP contribution in [0.3, 0.4) is 0 Å². The van der Waals surface area contributed by atoms with E-state index in [0.717, 1.165) is 18.3 Å². The van der Waals surface area contributed by atoms with E-state index < -0.39 is 0 Å². The third-order valence-corrected chi connectivity index (χ3v) is 4.60. The second kappa shape index (κ2) is 3.25. The number of hydrogen-bond donors (Lipinski definition) is 1. The maximum Gasteiger partial charge on any atom is 0.223 e. The van der Waals surface area contributed by atoms with Crippen LogP contribution in [0, 0.1) is 17.8 Å². The number of amides is 1. The van der Waals surface area contributed by atoms with Crippen molar-refractivity contribution < 1.29 is 4.79 Å². The van der Waals surface area contributed by atoms with Crippen molar-refractivity contribution in [3.8, 4) is 0 Å². The van der Waals surface area contributed by atoms with Crippen molar-refractivity contribution in [3.63, 3.8) is 0 Å². The van der Waals surface area contributed by atoms with E-state index >= 15 is 0 Å². The summed E-state index contributed by atoms with van der Waals surface area (Å²) in [5, 5.41) is 3.25. The minimum Gasteiger partial charge on any atom is -0.353 e. The molecule has 4 unspecified atom stereocenters. The van der Waals surface area contributed by atoms with Crippen molar-refractivity contribution in [3.05, 3.63) is 0 Å². The first-order chi connectivity index (χ1) is 6.86. The van der Waals surface area contributed by atoms with Gasteiger partial charge in [-0.2, -0.15) is 0 Å². The Morgan fingerprint density at radius 3 is 2.64 bits per heavy atom. The van der Waals surface area contributed by atoms with Gasteiger partial charge < -0.3 is 5.32 Å². The van der Waals surface area contributed by atoms with Crippen molar-refractivity contribution in [1.29, 1.82) is 0 Å². The molecule has 4 atom stereocenters. The van der Waals surface area contributed by atoms with Crippen molar-refractivity contribution in [2.24, 2.45) is 17.8 Å². The Morgan fingerprint density at radius 2 is 1.71 bits per heavy atom. The average Bonchev–Trinajstić information content (AvgIpc) is 2.67. The molecular formula is C12H19NO. The first-order valence-electron chi connectivity index (χ1n) is 6.16. The molecule has 3 fully saturated rings. The molecule has 0 aromatic heterocycles. The molecule has 2 nitrogen and oxygen atoms in total. The smallest absolute Gasteiger partial charge is 0.223 e. The lowest BCUT2D eigenvalue weighted by atomic mass is 9.69. The van der Waals surface area contributed by atoms with Crippen LogP contribution in [0.1, 0.15) is 44.9 Å². The molecule has 0 aromatic rings. The summed E-state index contributed by atoms with van der Waals surface area (Å²) in [5.41, 5.74) is 0. The van der Waals surface area contributed by atoms with E-state index in [1.165, 1.54) is 38.5 Å². The van der Waals surface area contributed by atoms with E-state index in [-0.39, 0.29) is 0 Å². The Balaban J connectivity index is 1.84. The molecule has 3 aliphatic rings. The fraction of sp³-hybridized carbons (Fsp3) is 0.917. The van der Waals surface area contributed by atoms with Gasteiger partial charge in [0.2, 0.25) is 5.91 Å². The van der Waals surface area contributed by atoms with Gasteiger partial charge in [-0.15, -0.1) is 0 Å². The summed E-state index contributed by atoms with van der Waals surface area (Å²) in [6.45, 7) is 0. The molecule has 0 aromatic carbocycles. The van der Waals surface area contributed by atoms with E-state index in [0.29, 0.717) is 17.9 Å². The van der Waals surface area contributed by atoms with Gasteiger partial charge in [-0.25, -0.2) is 0 Å². The molecule has 1 saturated heterocycles. The number of rotatable bonds is 0. The van der Waals surface area contributed by atoms with Gasteiger partial charge in [0.25, 0.3) is 0 Å². The molecule has 14 heavy (non-hydrogen) atoms. The fourth-order valence-electron chi connectivity index (χ4n) is 3.97. The number of fused-ring (bicyclic) bond motifs is 3. The van der Waals surface area contributed by atoms with E-state index in [9.17, 15) is 4.79 Å². The summed E-state index contributed by atoms with van der Waals surface area (Å²) in [5.74, 6) is 2.33. The van der Waals surface area contributed by atoms with E-state index in [2.05, 4.69) is 5.32 Å². The zero-order valence-corrected chi connectivity index (χ0v) is 8.67. The summed E-state index contributed by atoms with van der Waals surface area (Å²) in [4.78, 5) is 11.8. The molecule has 3 rings (SSSR count). The van der Waals surface area contributed by atoms with Crippen LogP contribution in [0.4, 0.5) is 0 Å². The van der Waals surface area contributed by atoms with Crippen LogP contribution >= 0.6 is 0 Å². The van der Waals surface area contributed by atoms with Gasteiger partial charge in [0.15, 0.2) is 0 Å². The van der Waals surface area contributed by atoms with Crippen LogP contribution in [0.15, 0.2) is 0 Å². The van der Waals surface area contributed by atoms with Crippen molar-refractivity contribution >= 4 is 5.91 Å². The van der Waals surface area contributed by atoms with E-state index in [1.54, 1.807) is 0 Å². The van der Waals surface area contributed by atoms with Gasteiger partial charge in [-0.05, 0) is 37.5 Å². The van der Waals surface area contributed by atoms with Crippen LogP contribution in [0.25, 0.3) is 0 Å². The molecule has 1 N–H and O–H groups in total. The largest absolute Gasteiger partial charge is 0.353 e. The van der Waals surface area contributed by atoms with Crippen molar-refractivity contribution in [1.82, 2.24) is 5.32 Å². The number of carbonyl (C=O) groups excluding carboxylic acids is 1. The Morgan fingerprint density at radius 1 is 0.929 bits per heavy atom. The average molecular weight is 193 g/mol. The highest BCUT2D eigenvalue weighted by molar-refractivity contribution is 5.80. The zero-order chi connectivity index (χ0) is 9.54. The van der Waals surface area contributed by atoms with Crippen molar-refractivity contribution in [2.75, 3.05) is 0 Å². The third-order valence-electron chi connectivity index (χ3n) is 4.60. The SMILES string of the molecule is O=C1NC2CCCCC2C2CCCC12. The number of hydrogen-bond acceptors (Lipinski definition) is 1. The summed E-state index contributed by atoms with van der Waals surface area (Å²) in [6, 6.07) is 0.538. The Kier molecular flexibility index (Phi) is 2.03. The first-order valence-corrected chi connectivity index (χ1v) is 6.16. The molecular weight excluding hydrogens is 174 g/mol. The first kappa shape index (κ1) is 8.75. The predicted octanol–water partition coefficient (Wildman–Crippen LogP) is 2.09. The van der Waals surface area contributed by atoms with E-state index in [1.807, 2.05) is 0 Å². The zero-order valence-electron chi connectivity index (χ0n) is 8.67. The lowest BCUT2D eigenvalue weighted by Gasteiger charge is -2.43. The normalized spacial score (nSPS) is 46.7. The summed E-state index contributed by atoms with van der Waals surface area (Å²) in [6.07, 6.45) is 9.07. The molecule has 2 aliphatic carbocycles. The standard InChI is InChI=1S/C12H19NO/c14-12-10-6-3-5-8(10)9-4-1-2-7-11(9)13-12/h8-11H,1-7H2,(H,13,14). The maximum atomic E-state index is 11.8. The molecule has 1 heterocycles. The van der Waals surface area contributed by atoms with Crippen LogP contribution in [0.2, 0.25) is 0 Å². The van der Waals surface area contributed by atoms with Crippen LogP contribution in [0.5, 0.6) is 0 Å². The topological polar surface area (TPSA) is 29.1 Å². The van der Waals surface area contributed by atoms with Crippen LogP contribution in [-0.4, -0.2) is 11.9 Å². The lowest BCUT2D eigenvalue weighted by Crippen LogP contribution is -2.53. The fourth-order valence-corrected chi connectivity index (χ4v) is 3.97. The Hall–Kier alpha value is -0.530. The molecule has 0 radical (unpaired) electrons. The molecule has 0 bridgehead atoms. The van der Waals surface area contributed by atoms with Gasteiger partial charge >= 0.3 is 0 Å². The number of carbonyl (C=O) groups is 1. The lowest BCUT2D eigenvalue weighted by molar-refractivity contribution is -0.132. The second-order valence-electron chi connectivity index (χ2n) is 5.26. The monoisotopic (exact) mass is 193 g/mol. The summed E-state index contributed by atoms with van der Waals surface area (Å²) < 4.78 is 0. The number of piperidine rings is 1. The quantitative estimate of drug-likeness (QED) is 0.627. The maximum absolute atomic E-state index is 11.8. The van der Waals surface area contributed by atoms with Gasteiger partial charge in [0, 0.05) is 12.0 Å².